The van der Waals surface area contributed by atoms with Crippen molar-refractivity contribution in [1.82, 2.24) is 0 Å². The van der Waals surface area contributed by atoms with Gasteiger partial charge in [0, 0.05) is 6.42 Å². The molecule has 3 heteroatoms. The summed E-state index contributed by atoms with van der Waals surface area (Å²) in [5, 5.41) is 4.08. The lowest BCUT2D eigenvalue weighted by Gasteiger charge is -1.97. The molecule has 0 amide bonds. The van der Waals surface area contributed by atoms with Crippen molar-refractivity contribution in [3.8, 4) is 0 Å². The molecule has 0 atom stereocenters. The Morgan fingerprint density at radius 1 is 0.606 bits per heavy atom. The highest BCUT2D eigenvalue weighted by atomic mass is 32.1. The van der Waals surface area contributed by atoms with Crippen LogP contribution in [-0.4, -0.2) is 0 Å². The molecule has 196 valence electrons. The molecule has 0 bridgehead atoms. The minimum Gasteiger partial charge on any atom is -0.473 e. The predicted octanol–water partition coefficient (Wildman–Crippen LogP) is 11.9. The van der Waals surface area contributed by atoms with Crippen LogP contribution in [0.1, 0.15) is 103 Å². The number of rotatable bonds is 2. The summed E-state index contributed by atoms with van der Waals surface area (Å²) in [5.41, 5.74) is 0. The molecule has 0 saturated heterocycles. The van der Waals surface area contributed by atoms with Crippen LogP contribution in [0.15, 0.2) is 74.8 Å². The Labute approximate surface area is 212 Å². The first-order chi connectivity index (χ1) is 15.8. The van der Waals surface area contributed by atoms with Crippen molar-refractivity contribution in [2.45, 2.75) is 103 Å². The first kappa shape index (κ1) is 41.5. The number of hydrogen-bond donors (Lipinski definition) is 0. The normalized spacial score (nSPS) is 8.03. The van der Waals surface area contributed by atoms with Crippen LogP contribution in [0.25, 0.3) is 0 Å². The van der Waals surface area contributed by atoms with Crippen LogP contribution in [0.5, 0.6) is 0 Å². The lowest BCUT2D eigenvalue weighted by molar-refractivity contribution is 0.472. The van der Waals surface area contributed by atoms with E-state index in [0.29, 0.717) is 5.92 Å². The molecule has 3 heterocycles. The largest absolute Gasteiger partial charge is 0.473 e. The first-order valence-electron chi connectivity index (χ1n) is 12.7. The zero-order valence-corrected chi connectivity index (χ0v) is 25.3. The molecule has 0 unspecified atom stereocenters. The van der Waals surface area contributed by atoms with Gasteiger partial charge in [0.15, 0.2) is 0 Å². The van der Waals surface area contributed by atoms with Gasteiger partial charge in [0.2, 0.25) is 0 Å². The topological polar surface area (TPSA) is 26.3 Å². The van der Waals surface area contributed by atoms with Crippen molar-refractivity contribution in [2.75, 3.05) is 0 Å². The maximum Gasteiger partial charge on any atom is 0.104 e. The Morgan fingerprint density at radius 3 is 1.18 bits per heavy atom. The molecule has 0 fully saturated rings. The van der Waals surface area contributed by atoms with E-state index in [1.807, 2.05) is 88.7 Å². The zero-order chi connectivity index (χ0) is 26.9. The van der Waals surface area contributed by atoms with E-state index in [4.69, 9.17) is 4.42 Å². The molecule has 0 aromatic carbocycles. The Bertz CT molecular complexity index is 464. The van der Waals surface area contributed by atoms with Crippen molar-refractivity contribution in [3.05, 3.63) is 71.7 Å². The highest BCUT2D eigenvalue weighted by Gasteiger charge is 1.97. The fourth-order valence-corrected chi connectivity index (χ4v) is 1.74. The van der Waals surface area contributed by atoms with Gasteiger partial charge in [-0.25, -0.2) is 0 Å². The van der Waals surface area contributed by atoms with Crippen LogP contribution < -0.4 is 0 Å². The van der Waals surface area contributed by atoms with Crippen molar-refractivity contribution < 1.29 is 8.83 Å². The van der Waals surface area contributed by atoms with Gasteiger partial charge in [-0.1, -0.05) is 109 Å². The second kappa shape index (κ2) is 40.6. The van der Waals surface area contributed by atoms with Crippen molar-refractivity contribution in [1.29, 1.82) is 0 Å². The van der Waals surface area contributed by atoms with E-state index >= 15 is 0 Å². The van der Waals surface area contributed by atoms with E-state index < -0.39 is 0 Å². The van der Waals surface area contributed by atoms with Gasteiger partial charge in [0.1, 0.15) is 5.76 Å². The van der Waals surface area contributed by atoms with E-state index in [1.54, 1.807) is 30.1 Å². The van der Waals surface area contributed by atoms with Crippen LogP contribution in [0.4, 0.5) is 0 Å². The third-order valence-electron chi connectivity index (χ3n) is 2.04. The van der Waals surface area contributed by atoms with Gasteiger partial charge >= 0.3 is 0 Å². The van der Waals surface area contributed by atoms with E-state index in [-0.39, 0.29) is 0 Å². The SMILES string of the molecule is CC.CC.CC.CC(C)C.CC(C)C.CC(C)Cc1ccco1.c1ccoc1.c1ccsc1. The second-order valence-electron chi connectivity index (χ2n) is 7.73. The molecular formula is C30H58O2S. The van der Waals surface area contributed by atoms with Gasteiger partial charge < -0.3 is 8.83 Å². The molecule has 0 aliphatic carbocycles. The molecule has 0 saturated carbocycles. The number of thiophene rings is 1. The van der Waals surface area contributed by atoms with Gasteiger partial charge in [-0.2, -0.15) is 11.3 Å². The predicted molar refractivity (Wildman–Crippen MR) is 155 cm³/mol. The summed E-state index contributed by atoms with van der Waals surface area (Å²) in [6, 6.07) is 11.6. The van der Waals surface area contributed by atoms with Crippen LogP contribution >= 0.6 is 11.3 Å². The van der Waals surface area contributed by atoms with Gasteiger partial charge in [-0.15, -0.1) is 0 Å². The van der Waals surface area contributed by atoms with Crippen LogP contribution in [-0.2, 0) is 6.42 Å². The maximum absolute atomic E-state index is 5.14. The molecule has 3 aromatic heterocycles. The maximum atomic E-state index is 5.14. The van der Waals surface area contributed by atoms with Crippen molar-refractivity contribution in [3.63, 3.8) is 0 Å². The Balaban J connectivity index is -0.0000000967. The standard InChI is InChI=1S/C8H12O.C4H4O.C4H4S.2C4H10.3C2H6/c1-7(2)6-8-4-3-5-9-8;2*1-2-4-5-3-1;2*1-4(2)3;3*1-2/h3-5,7H,6H2,1-2H3;2*1-4H;2*4H,1-3H3;3*1-2H3. The third kappa shape index (κ3) is 65.1. The average molecular weight is 483 g/mol. The lowest BCUT2D eigenvalue weighted by atomic mass is 10.1. The highest BCUT2D eigenvalue weighted by Crippen LogP contribution is 2.07. The van der Waals surface area contributed by atoms with E-state index in [2.05, 4.69) is 59.8 Å². The minimum atomic E-state index is 0.691. The van der Waals surface area contributed by atoms with E-state index in [0.717, 1.165) is 24.0 Å². The molecule has 0 aliphatic rings. The van der Waals surface area contributed by atoms with Crippen LogP contribution in [0, 0.1) is 17.8 Å². The monoisotopic (exact) mass is 482 g/mol. The molecular weight excluding hydrogens is 424 g/mol. The highest BCUT2D eigenvalue weighted by molar-refractivity contribution is 7.07. The Hall–Kier alpha value is -1.74. The fraction of sp³-hybridized carbons (Fsp3) is 0.600. The summed E-state index contributed by atoms with van der Waals surface area (Å²) in [4.78, 5) is 0. The average Bonchev–Trinajstić information content (AvgIpc) is 3.58. The summed E-state index contributed by atoms with van der Waals surface area (Å²) in [6.45, 7) is 29.4. The molecule has 0 N–H and O–H groups in total. The van der Waals surface area contributed by atoms with Crippen LogP contribution in [0.3, 0.4) is 0 Å². The molecule has 33 heavy (non-hydrogen) atoms. The molecule has 0 radical (unpaired) electrons. The van der Waals surface area contributed by atoms with Crippen LogP contribution in [0.2, 0.25) is 0 Å². The van der Waals surface area contributed by atoms with Crippen molar-refractivity contribution in [2.24, 2.45) is 17.8 Å². The molecule has 0 spiro atoms. The Kier molecular flexibility index (Phi) is 51.1. The van der Waals surface area contributed by atoms with E-state index in [1.165, 1.54) is 0 Å². The third-order valence-corrected chi connectivity index (χ3v) is 2.67. The van der Waals surface area contributed by atoms with Gasteiger partial charge in [-0.3, -0.25) is 0 Å². The number of hydrogen-bond acceptors (Lipinski definition) is 3. The molecule has 3 aromatic rings. The molecule has 2 nitrogen and oxygen atoms in total. The summed E-state index contributed by atoms with van der Waals surface area (Å²) in [7, 11) is 0. The van der Waals surface area contributed by atoms with E-state index in [9.17, 15) is 0 Å². The van der Waals surface area contributed by atoms with Crippen molar-refractivity contribution >= 4 is 11.3 Å². The quantitative estimate of drug-likeness (QED) is 0.363. The summed E-state index contributed by atoms with van der Waals surface area (Å²) in [5.74, 6) is 3.45. The summed E-state index contributed by atoms with van der Waals surface area (Å²) in [6.07, 6.45) is 6.02. The molecule has 3 rings (SSSR count). The fourth-order valence-electron chi connectivity index (χ4n) is 1.28. The number of furan rings is 2. The van der Waals surface area contributed by atoms with Gasteiger partial charge in [0.25, 0.3) is 0 Å². The summed E-state index contributed by atoms with van der Waals surface area (Å²) >= 11 is 1.71. The first-order valence-corrected chi connectivity index (χ1v) is 13.7. The van der Waals surface area contributed by atoms with Gasteiger partial charge in [0.05, 0.1) is 18.8 Å². The lowest BCUT2D eigenvalue weighted by Crippen LogP contribution is -1.90. The Morgan fingerprint density at radius 2 is 1.00 bits per heavy atom. The minimum absolute atomic E-state index is 0.691. The summed E-state index contributed by atoms with van der Waals surface area (Å²) < 4.78 is 9.73. The van der Waals surface area contributed by atoms with Gasteiger partial charge in [-0.05, 0) is 52.8 Å². The molecule has 0 aliphatic heterocycles. The zero-order valence-electron chi connectivity index (χ0n) is 24.5. The second-order valence-corrected chi connectivity index (χ2v) is 8.54. The smallest absolute Gasteiger partial charge is 0.104 e.